The van der Waals surface area contributed by atoms with Crippen molar-refractivity contribution in [1.82, 2.24) is 43.6 Å². The molecule has 12 heterocycles. The maximum absolute atomic E-state index is 14.0. The molecule has 0 bridgehead atoms. The summed E-state index contributed by atoms with van der Waals surface area (Å²) < 4.78 is 103. The first-order valence-electron chi connectivity index (χ1n) is 35.6. The molecule has 1 aliphatic carbocycles. The molecule has 5 aromatic carbocycles. The number of aromatic nitrogens is 6. The quantitative estimate of drug-likeness (QED) is 0.134. The normalized spacial score (nSPS) is 18.7. The number of piperidine rings is 3. The van der Waals surface area contributed by atoms with E-state index in [4.69, 9.17) is 38.1 Å². The van der Waals surface area contributed by atoms with Crippen molar-refractivity contribution in [3.05, 3.63) is 214 Å². The molecule has 4 fully saturated rings. The molecule has 25 heteroatoms. The van der Waals surface area contributed by atoms with Crippen LogP contribution in [0.4, 0.5) is 17.6 Å². The van der Waals surface area contributed by atoms with E-state index in [0.29, 0.717) is 135 Å². The number of halogens is 4. The number of para-hydroxylation sites is 3. The van der Waals surface area contributed by atoms with Gasteiger partial charge in [-0.3, -0.25) is 19.1 Å². The zero-order chi connectivity index (χ0) is 72.5. The van der Waals surface area contributed by atoms with Gasteiger partial charge in [0.1, 0.15) is 68.4 Å². The third-order valence-corrected chi connectivity index (χ3v) is 22.2. The molecule has 8 aliphatic rings. The number of pyridine rings is 1. The molecule has 5 aromatic heterocycles. The van der Waals surface area contributed by atoms with Crippen LogP contribution in [0.3, 0.4) is 0 Å². The number of alkyl halides is 3. The van der Waals surface area contributed by atoms with Crippen LogP contribution in [-0.4, -0.2) is 138 Å². The summed E-state index contributed by atoms with van der Waals surface area (Å²) in [4.78, 5) is 54.0. The van der Waals surface area contributed by atoms with E-state index in [1.807, 2.05) is 95.6 Å². The van der Waals surface area contributed by atoms with Gasteiger partial charge in [0.15, 0.2) is 22.7 Å². The summed E-state index contributed by atoms with van der Waals surface area (Å²) >= 11 is 1.51. The molecule has 1 N–H and O–H groups in total. The molecule has 3 spiro atoms. The number of hydrogen-bond donors (Lipinski definition) is 1. The van der Waals surface area contributed by atoms with E-state index in [0.717, 1.165) is 88.6 Å². The number of ether oxygens (including phenoxy) is 7. The monoisotopic (exact) mass is 1450 g/mol. The number of aryl methyl sites for hydroxylation is 1. The lowest BCUT2D eigenvalue weighted by atomic mass is 9.81. The maximum atomic E-state index is 14.0. The van der Waals surface area contributed by atoms with E-state index in [-0.39, 0.29) is 40.0 Å². The molecule has 3 amide bonds. The fourth-order valence-electron chi connectivity index (χ4n) is 16.0. The summed E-state index contributed by atoms with van der Waals surface area (Å²) in [7, 11) is 3.52. The number of aliphatic hydroxyl groups is 1. The highest BCUT2D eigenvalue weighted by Crippen LogP contribution is 2.52. The standard InChI is InChI=1S/C28H29FN2O5.C27H24N4O3S.C25H24F3N3O3.3H2/c1-34-25-16-18(7-10-23(25)35-22-5-2-4-21(22)32)27(33)30-14-11-28(12-15-30)26-6-3-13-31(26)20-9-8-19(29)17-24(20)36-28;1-30-24-19-4-2-3-5-23(19)34-27(20(24)15-28-30)9-11-31(12-10-27)26(32)21-16-35-25(29-21)18-6-7-22-17(14-18)8-13-33-22;1-16(2)33-17-7-8-18(29-15-17)23(32)30-13-11-24(12-14-30)21-9-10-22(25(26,27)28)31(21)19-5-3-4-6-20(19)34-24;;;/h3,6-10,13,16-17,21-22,32H,2,4-5,11-12,14-15H2,1H3;2-7,14-16H,8-13H2,1H3;3-10,15-16H,11-14H2,1-2H3;3*1H/t21-,22-;;;;;/m1...../s1. The van der Waals surface area contributed by atoms with Crippen LogP contribution in [0.5, 0.6) is 40.2 Å². The molecule has 20 nitrogen and oxygen atoms in total. The Kier molecular flexibility index (Phi) is 18.0. The minimum absolute atomic E-state index is 0. The summed E-state index contributed by atoms with van der Waals surface area (Å²) in [6, 6.07) is 40.7. The number of thiazole rings is 1. The third-order valence-electron chi connectivity index (χ3n) is 21.3. The van der Waals surface area contributed by atoms with Crippen LogP contribution in [0, 0.1) is 5.82 Å². The van der Waals surface area contributed by atoms with Gasteiger partial charge in [0.05, 0.1) is 66.8 Å². The van der Waals surface area contributed by atoms with Crippen LogP contribution >= 0.6 is 11.3 Å². The second-order valence-corrected chi connectivity index (χ2v) is 28.9. The number of carbonyl (C=O) groups is 3. The molecule has 18 rings (SSSR count). The minimum Gasteiger partial charge on any atom is -0.493 e. The number of methoxy groups -OCH3 is 1. The zero-order valence-electron chi connectivity index (χ0n) is 58.3. The molecule has 7 aliphatic heterocycles. The highest BCUT2D eigenvalue weighted by Gasteiger charge is 2.50. The molecular formula is C80H83F4N9O11S. The lowest BCUT2D eigenvalue weighted by Gasteiger charge is -2.45. The smallest absolute Gasteiger partial charge is 0.431 e. The SMILES string of the molecule is CC(C)Oc1ccc(C(=O)N2CCC3(CC2)Oc2ccccc2-n2c(C(F)(F)F)ccc23)nc1.COc1cc(C(=O)N2CCC3(CC2)Oc2cc(F)ccc2-n2cccc23)ccc1O[C@@H]1CCC[C@H]1O.Cn1ncc2c1-c1ccccc1OC21CCN(C(=O)c2csc(-c3ccc4c(c3)CCO4)n2)CC1.[HH].[HH].[HH]. The Morgan fingerprint density at radius 3 is 2.09 bits per heavy atom. The average Bonchev–Trinajstić information content (AvgIpc) is 1.49. The van der Waals surface area contributed by atoms with Crippen molar-refractivity contribution >= 4 is 29.1 Å². The van der Waals surface area contributed by atoms with Gasteiger partial charge < -0.3 is 62.1 Å². The van der Waals surface area contributed by atoms with Gasteiger partial charge in [-0.15, -0.1) is 11.3 Å². The van der Waals surface area contributed by atoms with E-state index < -0.39 is 34.8 Å². The Balaban J connectivity index is 0.000000141. The summed E-state index contributed by atoms with van der Waals surface area (Å²) in [5.74, 6) is 3.66. The predicted molar refractivity (Wildman–Crippen MR) is 388 cm³/mol. The number of rotatable bonds is 9. The van der Waals surface area contributed by atoms with Gasteiger partial charge in [0, 0.05) is 135 Å². The number of amides is 3. The Bertz CT molecular complexity index is 4970. The van der Waals surface area contributed by atoms with Crippen LogP contribution in [0.2, 0.25) is 0 Å². The van der Waals surface area contributed by atoms with Crippen LogP contribution in [0.25, 0.3) is 33.2 Å². The first kappa shape index (κ1) is 68.8. The Morgan fingerprint density at radius 1 is 0.676 bits per heavy atom. The molecule has 3 saturated heterocycles. The van der Waals surface area contributed by atoms with Crippen molar-refractivity contribution in [2.45, 2.75) is 119 Å². The molecule has 548 valence electrons. The van der Waals surface area contributed by atoms with Crippen LogP contribution in [0.15, 0.2) is 163 Å². The second-order valence-electron chi connectivity index (χ2n) is 28.0. The van der Waals surface area contributed by atoms with Crippen molar-refractivity contribution in [2.75, 3.05) is 53.0 Å². The maximum Gasteiger partial charge on any atom is 0.431 e. The van der Waals surface area contributed by atoms with E-state index in [2.05, 4.69) is 26.8 Å². The average molecular weight is 1450 g/mol. The summed E-state index contributed by atoms with van der Waals surface area (Å²) in [5.41, 5.74) is 6.76. The van der Waals surface area contributed by atoms with Crippen molar-refractivity contribution in [1.29, 1.82) is 0 Å². The lowest BCUT2D eigenvalue weighted by molar-refractivity contribution is -0.143. The Hall–Kier alpha value is -10.7. The van der Waals surface area contributed by atoms with Crippen molar-refractivity contribution in [3.8, 4) is 73.4 Å². The van der Waals surface area contributed by atoms with Crippen LogP contribution in [-0.2, 0) is 36.4 Å². The van der Waals surface area contributed by atoms with E-state index in [1.165, 1.54) is 45.9 Å². The van der Waals surface area contributed by atoms with Crippen molar-refractivity contribution in [2.24, 2.45) is 7.05 Å². The van der Waals surface area contributed by atoms with E-state index in [1.54, 1.807) is 72.7 Å². The Labute approximate surface area is 611 Å². The van der Waals surface area contributed by atoms with Gasteiger partial charge in [0.2, 0.25) is 0 Å². The number of hydrogen-bond acceptors (Lipinski definition) is 15. The minimum atomic E-state index is -4.50. The number of carbonyl (C=O) groups excluding carboxylic acids is 3. The van der Waals surface area contributed by atoms with Crippen molar-refractivity contribution in [3.63, 3.8) is 0 Å². The topological polar surface area (TPSA) is 199 Å². The number of nitrogens with zero attached hydrogens (tertiary/aromatic N) is 9. The van der Waals surface area contributed by atoms with Gasteiger partial charge in [-0.1, -0.05) is 24.3 Å². The third kappa shape index (κ3) is 12.8. The zero-order valence-corrected chi connectivity index (χ0v) is 59.1. The lowest BCUT2D eigenvalue weighted by Crippen LogP contribution is -2.50. The van der Waals surface area contributed by atoms with Gasteiger partial charge in [0.25, 0.3) is 17.7 Å². The molecule has 0 radical (unpaired) electrons. The van der Waals surface area contributed by atoms with Gasteiger partial charge in [-0.2, -0.15) is 18.3 Å². The van der Waals surface area contributed by atoms with Gasteiger partial charge in [-0.25, -0.2) is 14.4 Å². The molecule has 105 heavy (non-hydrogen) atoms. The number of fused-ring (bicyclic) bond motifs is 13. The fraction of sp³-hybridized carbons (Fsp3) is 0.350. The first-order valence-corrected chi connectivity index (χ1v) is 36.4. The van der Waals surface area contributed by atoms with Crippen LogP contribution in [0.1, 0.15) is 135 Å². The number of aliphatic hydroxyl groups excluding tert-OH is 1. The number of benzene rings is 5. The van der Waals surface area contributed by atoms with Gasteiger partial charge in [-0.05, 0) is 148 Å². The van der Waals surface area contributed by atoms with Gasteiger partial charge >= 0.3 is 6.18 Å². The fourth-order valence-corrected chi connectivity index (χ4v) is 16.7. The summed E-state index contributed by atoms with van der Waals surface area (Å²) in [5, 5.41) is 17.4. The van der Waals surface area contributed by atoms with Crippen LogP contribution < -0.4 is 33.2 Å². The highest BCUT2D eigenvalue weighted by molar-refractivity contribution is 7.13. The molecule has 0 unspecified atom stereocenters. The second kappa shape index (κ2) is 27.4. The largest absolute Gasteiger partial charge is 0.493 e. The summed E-state index contributed by atoms with van der Waals surface area (Å²) in [6.45, 7) is 7.43. The van der Waals surface area contributed by atoms with Crippen molar-refractivity contribution < 1.29 is 74.5 Å². The van der Waals surface area contributed by atoms with E-state index in [9.17, 15) is 37.1 Å². The molecule has 2 atom stereocenters. The predicted octanol–water partition coefficient (Wildman–Crippen LogP) is 15.1. The number of likely N-dealkylation sites (tertiary alicyclic amines) is 3. The molecule has 10 aromatic rings. The van der Waals surface area contributed by atoms with E-state index >= 15 is 0 Å². The highest BCUT2D eigenvalue weighted by atomic mass is 32.1. The molecular weight excluding hydrogens is 1370 g/mol. The Morgan fingerprint density at radius 2 is 1.37 bits per heavy atom. The first-order chi connectivity index (χ1) is 50.8. The summed E-state index contributed by atoms with van der Waals surface area (Å²) in [6.07, 6.45) is 6.89. The molecule has 1 saturated carbocycles.